The van der Waals surface area contributed by atoms with Gasteiger partial charge in [0.15, 0.2) is 0 Å². The van der Waals surface area contributed by atoms with Crippen LogP contribution in [0.25, 0.3) is 16.5 Å². The lowest BCUT2D eigenvalue weighted by atomic mass is 9.86. The van der Waals surface area contributed by atoms with Crippen molar-refractivity contribution in [3.8, 4) is 0 Å². The summed E-state index contributed by atoms with van der Waals surface area (Å²) in [7, 11) is 0. The van der Waals surface area contributed by atoms with Crippen LogP contribution >= 0.6 is 0 Å². The van der Waals surface area contributed by atoms with Crippen LogP contribution in [0.3, 0.4) is 0 Å². The number of halogens is 1. The van der Waals surface area contributed by atoms with Crippen LogP contribution in [0.4, 0.5) is 4.39 Å². The summed E-state index contributed by atoms with van der Waals surface area (Å²) in [6.45, 7) is 6.80. The summed E-state index contributed by atoms with van der Waals surface area (Å²) < 4.78 is 16.1. The lowest BCUT2D eigenvalue weighted by Gasteiger charge is -2.35. The molecule has 5 heteroatoms. The van der Waals surface area contributed by atoms with Gasteiger partial charge < -0.3 is 14.8 Å². The summed E-state index contributed by atoms with van der Waals surface area (Å²) >= 11 is 0. The van der Waals surface area contributed by atoms with Crippen LogP contribution in [0, 0.1) is 11.7 Å². The van der Waals surface area contributed by atoms with Gasteiger partial charge >= 0.3 is 0 Å². The second kappa shape index (κ2) is 5.74. The largest absolute Gasteiger partial charge is 0.343 e. The maximum Gasteiger partial charge on any atom is 0.230 e. The van der Waals surface area contributed by atoms with Crippen molar-refractivity contribution in [3.05, 3.63) is 41.9 Å². The monoisotopic (exact) mass is 327 g/mol. The number of amides is 1. The zero-order valence-corrected chi connectivity index (χ0v) is 14.1. The Balaban J connectivity index is 1.79. The fraction of sp³-hybridized carbons (Fsp3) is 0.421. The third-order valence-corrected chi connectivity index (χ3v) is 5.27. The third-order valence-electron chi connectivity index (χ3n) is 5.27. The molecule has 1 unspecified atom stereocenters. The molecule has 2 aliphatic heterocycles. The number of rotatable bonds is 3. The van der Waals surface area contributed by atoms with E-state index < -0.39 is 0 Å². The van der Waals surface area contributed by atoms with Crippen molar-refractivity contribution >= 4 is 22.4 Å². The highest BCUT2D eigenvalue weighted by molar-refractivity contribution is 5.96. The van der Waals surface area contributed by atoms with Gasteiger partial charge in [-0.2, -0.15) is 0 Å². The van der Waals surface area contributed by atoms with Gasteiger partial charge in [0.05, 0.1) is 17.5 Å². The molecule has 2 aliphatic rings. The summed E-state index contributed by atoms with van der Waals surface area (Å²) in [6.07, 6.45) is 3.69. The summed E-state index contributed by atoms with van der Waals surface area (Å²) in [5, 5.41) is 4.15. The molecule has 1 aromatic carbocycles. The van der Waals surface area contributed by atoms with Crippen LogP contribution in [0.5, 0.6) is 0 Å². The zero-order valence-electron chi connectivity index (χ0n) is 14.1. The number of hydrogen-bond acceptors (Lipinski definition) is 2. The maximum absolute atomic E-state index is 14.2. The molecule has 0 fully saturated rings. The van der Waals surface area contributed by atoms with Gasteiger partial charge in [-0.15, -0.1) is 0 Å². The van der Waals surface area contributed by atoms with E-state index >= 15 is 0 Å². The lowest BCUT2D eigenvalue weighted by Crippen LogP contribution is -2.47. The topological polar surface area (TPSA) is 37.3 Å². The normalized spacial score (nSPS) is 22.2. The van der Waals surface area contributed by atoms with Crippen molar-refractivity contribution < 1.29 is 9.18 Å². The van der Waals surface area contributed by atoms with E-state index in [4.69, 9.17) is 0 Å². The summed E-state index contributed by atoms with van der Waals surface area (Å²) in [4.78, 5) is 14.6. The molecular weight excluding hydrogens is 305 g/mol. The fourth-order valence-corrected chi connectivity index (χ4v) is 4.03. The molecule has 1 aromatic heterocycles. The minimum absolute atomic E-state index is 0.135. The first-order chi connectivity index (χ1) is 11.6. The molecule has 0 aliphatic carbocycles. The van der Waals surface area contributed by atoms with Gasteiger partial charge in [0.2, 0.25) is 5.91 Å². The average molecular weight is 327 g/mol. The van der Waals surface area contributed by atoms with Crippen LogP contribution in [-0.2, 0) is 11.3 Å². The van der Waals surface area contributed by atoms with Gasteiger partial charge in [-0.1, -0.05) is 18.2 Å². The number of hydrogen-bond donors (Lipinski definition) is 1. The van der Waals surface area contributed by atoms with Gasteiger partial charge in [-0.3, -0.25) is 4.79 Å². The minimum Gasteiger partial charge on any atom is -0.343 e. The number of nitrogens with one attached hydrogen (secondary N) is 1. The molecule has 2 atom stereocenters. The molecule has 0 spiro atoms. The van der Waals surface area contributed by atoms with Crippen LogP contribution in [0.2, 0.25) is 0 Å². The van der Waals surface area contributed by atoms with E-state index in [1.165, 1.54) is 0 Å². The Morgan fingerprint density at radius 2 is 2.17 bits per heavy atom. The second-order valence-electron chi connectivity index (χ2n) is 6.53. The van der Waals surface area contributed by atoms with Gasteiger partial charge in [-0.05, 0) is 25.5 Å². The number of fused-ring (bicyclic) bond motifs is 2. The highest BCUT2D eigenvalue weighted by Crippen LogP contribution is 2.37. The van der Waals surface area contributed by atoms with E-state index in [0.29, 0.717) is 18.5 Å². The number of aromatic nitrogens is 1. The first kappa shape index (κ1) is 15.4. The Morgan fingerprint density at radius 3 is 2.92 bits per heavy atom. The quantitative estimate of drug-likeness (QED) is 0.941. The van der Waals surface area contributed by atoms with E-state index in [2.05, 4.69) is 11.4 Å². The molecule has 2 aromatic rings. The van der Waals surface area contributed by atoms with E-state index in [1.54, 1.807) is 6.20 Å². The predicted molar refractivity (Wildman–Crippen MR) is 93.1 cm³/mol. The molecule has 24 heavy (non-hydrogen) atoms. The fourth-order valence-electron chi connectivity index (χ4n) is 4.03. The van der Waals surface area contributed by atoms with Crippen LogP contribution in [0.1, 0.15) is 19.4 Å². The molecule has 1 N–H and O–H groups in total. The van der Waals surface area contributed by atoms with Crippen molar-refractivity contribution in [2.45, 2.75) is 26.4 Å². The molecule has 0 radical (unpaired) electrons. The average Bonchev–Trinajstić information content (AvgIpc) is 2.93. The molecule has 4 nitrogen and oxygen atoms in total. The molecule has 3 heterocycles. The van der Waals surface area contributed by atoms with Gasteiger partial charge in [0.25, 0.3) is 0 Å². The van der Waals surface area contributed by atoms with Crippen molar-refractivity contribution in [2.24, 2.45) is 5.92 Å². The molecule has 1 amide bonds. The molecular formula is C19H22FN3O. The van der Waals surface area contributed by atoms with Crippen molar-refractivity contribution in [1.29, 1.82) is 0 Å². The van der Waals surface area contributed by atoms with Crippen LogP contribution in [0.15, 0.2) is 30.5 Å². The Kier molecular flexibility index (Phi) is 3.68. The highest BCUT2D eigenvalue weighted by Gasteiger charge is 2.33. The van der Waals surface area contributed by atoms with Crippen molar-refractivity contribution in [3.63, 3.8) is 0 Å². The molecule has 4 rings (SSSR count). The summed E-state index contributed by atoms with van der Waals surface area (Å²) in [5.74, 6) is -0.169. The Bertz CT molecular complexity index is 834. The highest BCUT2D eigenvalue weighted by atomic mass is 19.1. The molecule has 126 valence electrons. The maximum atomic E-state index is 14.2. The minimum atomic E-state index is -0.179. The van der Waals surface area contributed by atoms with Crippen molar-refractivity contribution in [1.82, 2.24) is 14.8 Å². The number of nitrogens with zero attached hydrogens (tertiary/aromatic N) is 2. The summed E-state index contributed by atoms with van der Waals surface area (Å²) in [5.41, 5.74) is 3.11. The van der Waals surface area contributed by atoms with Crippen LogP contribution in [-0.4, -0.2) is 41.1 Å². The van der Waals surface area contributed by atoms with E-state index in [-0.39, 0.29) is 23.7 Å². The molecule has 0 saturated carbocycles. The van der Waals surface area contributed by atoms with Gasteiger partial charge in [0.1, 0.15) is 5.82 Å². The first-order valence-electron chi connectivity index (χ1n) is 8.65. The Morgan fingerprint density at radius 1 is 1.38 bits per heavy atom. The number of carbonyl (C=O) groups excluding carboxylic acids is 1. The number of benzene rings is 1. The van der Waals surface area contributed by atoms with E-state index in [9.17, 15) is 9.18 Å². The summed E-state index contributed by atoms with van der Waals surface area (Å²) in [6, 6.07) is 5.88. The Hall–Kier alpha value is -2.14. The SMILES string of the molecule is CCN(CC)C(=O)[C@@H]1C=C2c3cccc4c(F)cn(c34)CC2NC1. The second-order valence-corrected chi connectivity index (χ2v) is 6.53. The zero-order chi connectivity index (χ0) is 16.8. The van der Waals surface area contributed by atoms with Gasteiger partial charge in [0, 0.05) is 43.3 Å². The van der Waals surface area contributed by atoms with E-state index in [0.717, 1.165) is 29.7 Å². The number of para-hydroxylation sites is 1. The first-order valence-corrected chi connectivity index (χ1v) is 8.65. The van der Waals surface area contributed by atoms with Crippen molar-refractivity contribution in [2.75, 3.05) is 19.6 Å². The lowest BCUT2D eigenvalue weighted by molar-refractivity contribution is -0.133. The Labute approximate surface area is 140 Å². The third kappa shape index (κ3) is 2.18. The molecule has 0 saturated heterocycles. The van der Waals surface area contributed by atoms with Gasteiger partial charge in [-0.25, -0.2) is 4.39 Å². The van der Waals surface area contributed by atoms with E-state index in [1.807, 2.05) is 41.5 Å². The predicted octanol–water partition coefficient (Wildman–Crippen LogP) is 2.63. The number of carbonyl (C=O) groups is 1. The standard InChI is InChI=1S/C19H22FN3O/c1-3-22(4-2)19(24)12-8-15-13-6-5-7-14-16(20)10-23(18(13)14)11-17(15)21-9-12/h5-8,10,12,17,21H,3-4,9,11H2,1-2H3/t12-,17?/m1/s1. The smallest absolute Gasteiger partial charge is 0.230 e. The van der Waals surface area contributed by atoms with Crippen LogP contribution < -0.4 is 5.32 Å². The molecule has 0 bridgehead atoms.